The fourth-order valence-corrected chi connectivity index (χ4v) is 2.48. The van der Waals surface area contributed by atoms with E-state index in [0.29, 0.717) is 12.2 Å². The number of anilines is 1. The van der Waals surface area contributed by atoms with Crippen molar-refractivity contribution in [3.63, 3.8) is 0 Å². The molecule has 1 atom stereocenters. The second kappa shape index (κ2) is 9.96. The summed E-state index contributed by atoms with van der Waals surface area (Å²) < 4.78 is 5.28. The number of pyridine rings is 1. The number of carboxylic acids is 1. The molecule has 1 aliphatic rings. The lowest BCUT2D eigenvalue weighted by Gasteiger charge is -2.26. The summed E-state index contributed by atoms with van der Waals surface area (Å²) >= 11 is 0. The lowest BCUT2D eigenvalue weighted by atomic mass is 10.2. The standard InChI is InChI=1S/C16H24N4O4/c21-15(19-13-3-1-4-17-12-13)11-14(16(22)23)18-5-2-6-20-7-9-24-10-8-20/h1,3-4,12,14,18H,2,5-11H2,(H,19,21)(H,22,23). The van der Waals surface area contributed by atoms with E-state index in [2.05, 4.69) is 20.5 Å². The van der Waals surface area contributed by atoms with Crippen molar-refractivity contribution < 1.29 is 19.4 Å². The van der Waals surface area contributed by atoms with Crippen molar-refractivity contribution in [1.29, 1.82) is 0 Å². The van der Waals surface area contributed by atoms with Gasteiger partial charge in [0, 0.05) is 19.3 Å². The van der Waals surface area contributed by atoms with Crippen LogP contribution in [-0.2, 0) is 14.3 Å². The summed E-state index contributed by atoms with van der Waals surface area (Å²) in [6.45, 7) is 4.77. The van der Waals surface area contributed by atoms with E-state index < -0.39 is 12.0 Å². The van der Waals surface area contributed by atoms with E-state index in [9.17, 15) is 14.7 Å². The number of amides is 1. The molecule has 8 nitrogen and oxygen atoms in total. The van der Waals surface area contributed by atoms with E-state index in [1.165, 1.54) is 6.20 Å². The van der Waals surface area contributed by atoms with Gasteiger partial charge in [-0.25, -0.2) is 0 Å². The van der Waals surface area contributed by atoms with Crippen LogP contribution in [0.25, 0.3) is 0 Å². The Morgan fingerprint density at radius 2 is 2.17 bits per heavy atom. The molecule has 0 saturated carbocycles. The molecule has 1 aliphatic heterocycles. The molecule has 0 bridgehead atoms. The molecule has 2 heterocycles. The number of aromatic nitrogens is 1. The number of carbonyl (C=O) groups excluding carboxylic acids is 1. The zero-order valence-electron chi connectivity index (χ0n) is 13.6. The third-order valence-electron chi connectivity index (χ3n) is 3.78. The van der Waals surface area contributed by atoms with Gasteiger partial charge in [-0.1, -0.05) is 0 Å². The van der Waals surface area contributed by atoms with E-state index in [0.717, 1.165) is 39.3 Å². The van der Waals surface area contributed by atoms with Crippen molar-refractivity contribution in [1.82, 2.24) is 15.2 Å². The highest BCUT2D eigenvalue weighted by atomic mass is 16.5. The number of carboxylic acid groups (broad SMARTS) is 1. The minimum Gasteiger partial charge on any atom is -0.480 e. The first-order valence-electron chi connectivity index (χ1n) is 8.11. The van der Waals surface area contributed by atoms with Crippen LogP contribution in [0, 0.1) is 0 Å². The smallest absolute Gasteiger partial charge is 0.321 e. The lowest BCUT2D eigenvalue weighted by molar-refractivity contribution is -0.141. The largest absolute Gasteiger partial charge is 0.480 e. The van der Waals surface area contributed by atoms with Gasteiger partial charge in [0.05, 0.1) is 31.5 Å². The number of rotatable bonds is 9. The maximum absolute atomic E-state index is 11.9. The highest BCUT2D eigenvalue weighted by Crippen LogP contribution is 2.05. The zero-order chi connectivity index (χ0) is 17.2. The van der Waals surface area contributed by atoms with Crippen molar-refractivity contribution in [2.75, 3.05) is 44.7 Å². The number of nitrogens with one attached hydrogen (secondary N) is 2. The topological polar surface area (TPSA) is 104 Å². The minimum atomic E-state index is -1.03. The molecule has 0 aromatic carbocycles. The van der Waals surface area contributed by atoms with Gasteiger partial charge in [-0.3, -0.25) is 19.5 Å². The average Bonchev–Trinajstić information content (AvgIpc) is 2.59. The first-order valence-corrected chi connectivity index (χ1v) is 8.11. The summed E-state index contributed by atoms with van der Waals surface area (Å²) in [5.41, 5.74) is 0.555. The van der Waals surface area contributed by atoms with Gasteiger partial charge in [0.1, 0.15) is 6.04 Å². The number of ether oxygens (including phenoxy) is 1. The molecule has 0 radical (unpaired) electrons. The van der Waals surface area contributed by atoms with Gasteiger partial charge in [0.25, 0.3) is 0 Å². The van der Waals surface area contributed by atoms with Gasteiger partial charge in [0.2, 0.25) is 5.91 Å². The van der Waals surface area contributed by atoms with Crippen molar-refractivity contribution in [3.05, 3.63) is 24.5 Å². The number of aliphatic carboxylic acids is 1. The monoisotopic (exact) mass is 336 g/mol. The van der Waals surface area contributed by atoms with E-state index in [1.807, 2.05) is 0 Å². The lowest BCUT2D eigenvalue weighted by Crippen LogP contribution is -2.42. The summed E-state index contributed by atoms with van der Waals surface area (Å²) in [6.07, 6.45) is 3.82. The molecule has 8 heteroatoms. The summed E-state index contributed by atoms with van der Waals surface area (Å²) in [5, 5.41) is 14.8. The number of hydrogen-bond acceptors (Lipinski definition) is 6. The highest BCUT2D eigenvalue weighted by Gasteiger charge is 2.20. The van der Waals surface area contributed by atoms with Crippen LogP contribution < -0.4 is 10.6 Å². The van der Waals surface area contributed by atoms with Crippen LogP contribution in [0.4, 0.5) is 5.69 Å². The fourth-order valence-electron chi connectivity index (χ4n) is 2.48. The molecular weight excluding hydrogens is 312 g/mol. The SMILES string of the molecule is O=C(CC(NCCCN1CCOCC1)C(=O)O)Nc1cccnc1. The average molecular weight is 336 g/mol. The van der Waals surface area contributed by atoms with Crippen LogP contribution in [-0.4, -0.2) is 72.3 Å². The van der Waals surface area contributed by atoms with Gasteiger partial charge in [-0.05, 0) is 31.6 Å². The van der Waals surface area contributed by atoms with Gasteiger partial charge < -0.3 is 20.5 Å². The van der Waals surface area contributed by atoms with Crippen LogP contribution >= 0.6 is 0 Å². The predicted octanol–water partition coefficient (Wildman–Crippen LogP) is 0.175. The van der Waals surface area contributed by atoms with Crippen molar-refractivity contribution >= 4 is 17.6 Å². The van der Waals surface area contributed by atoms with E-state index >= 15 is 0 Å². The van der Waals surface area contributed by atoms with Crippen LogP contribution in [0.15, 0.2) is 24.5 Å². The fraction of sp³-hybridized carbons (Fsp3) is 0.562. The molecule has 1 amide bonds. The van der Waals surface area contributed by atoms with Gasteiger partial charge in [-0.2, -0.15) is 0 Å². The Morgan fingerprint density at radius 3 is 2.83 bits per heavy atom. The number of nitrogens with zero attached hydrogens (tertiary/aromatic N) is 2. The van der Waals surface area contributed by atoms with Crippen molar-refractivity contribution in [2.24, 2.45) is 0 Å². The number of morpholine rings is 1. The second-order valence-electron chi connectivity index (χ2n) is 5.65. The number of carbonyl (C=O) groups is 2. The minimum absolute atomic E-state index is 0.123. The Bertz CT molecular complexity index is 520. The molecular formula is C16H24N4O4. The maximum atomic E-state index is 11.9. The molecule has 1 fully saturated rings. The molecule has 0 spiro atoms. The molecule has 1 aromatic heterocycles. The summed E-state index contributed by atoms with van der Waals surface area (Å²) in [7, 11) is 0. The first kappa shape index (κ1) is 18.3. The highest BCUT2D eigenvalue weighted by molar-refractivity contribution is 5.93. The maximum Gasteiger partial charge on any atom is 0.321 e. The summed E-state index contributed by atoms with van der Waals surface area (Å²) in [5.74, 6) is -1.38. The van der Waals surface area contributed by atoms with Crippen LogP contribution in [0.5, 0.6) is 0 Å². The number of hydrogen-bond donors (Lipinski definition) is 3. The summed E-state index contributed by atoms with van der Waals surface area (Å²) in [6, 6.07) is 2.51. The van der Waals surface area contributed by atoms with Crippen LogP contribution in [0.3, 0.4) is 0 Å². The normalized spacial score (nSPS) is 16.5. The van der Waals surface area contributed by atoms with E-state index in [-0.39, 0.29) is 12.3 Å². The Morgan fingerprint density at radius 1 is 1.38 bits per heavy atom. The zero-order valence-corrected chi connectivity index (χ0v) is 13.6. The molecule has 3 N–H and O–H groups in total. The molecule has 1 unspecified atom stereocenters. The molecule has 0 aliphatic carbocycles. The Labute approximate surface area is 141 Å². The third-order valence-corrected chi connectivity index (χ3v) is 3.78. The van der Waals surface area contributed by atoms with Gasteiger partial charge in [0.15, 0.2) is 0 Å². The third kappa shape index (κ3) is 6.61. The Hall–Kier alpha value is -2.03. The Kier molecular flexibility index (Phi) is 7.60. The predicted molar refractivity (Wildman–Crippen MR) is 88.8 cm³/mol. The molecule has 1 aromatic rings. The van der Waals surface area contributed by atoms with Crippen molar-refractivity contribution in [2.45, 2.75) is 18.9 Å². The first-order chi connectivity index (χ1) is 11.6. The van der Waals surface area contributed by atoms with Crippen molar-refractivity contribution in [3.8, 4) is 0 Å². The molecule has 1 saturated heterocycles. The second-order valence-corrected chi connectivity index (χ2v) is 5.65. The summed E-state index contributed by atoms with van der Waals surface area (Å²) in [4.78, 5) is 29.4. The molecule has 2 rings (SSSR count). The van der Waals surface area contributed by atoms with Gasteiger partial charge in [-0.15, -0.1) is 0 Å². The quantitative estimate of drug-likeness (QED) is 0.553. The van der Waals surface area contributed by atoms with Crippen LogP contribution in [0.1, 0.15) is 12.8 Å². The van der Waals surface area contributed by atoms with E-state index in [1.54, 1.807) is 18.3 Å². The van der Waals surface area contributed by atoms with Gasteiger partial charge >= 0.3 is 5.97 Å². The van der Waals surface area contributed by atoms with E-state index in [4.69, 9.17) is 4.74 Å². The Balaban J connectivity index is 1.69. The van der Waals surface area contributed by atoms with Crippen LogP contribution in [0.2, 0.25) is 0 Å². The molecule has 132 valence electrons. The molecule has 24 heavy (non-hydrogen) atoms.